The number of fused-ring (bicyclic) bond motifs is 2. The lowest BCUT2D eigenvalue weighted by atomic mass is 10.1. The number of hydrogen-bond donors (Lipinski definition) is 3. The minimum absolute atomic E-state index is 0.179. The quantitative estimate of drug-likeness (QED) is 0.376. The van der Waals surface area contributed by atoms with Crippen molar-refractivity contribution in [3.8, 4) is 0 Å². The standard InChI is InChI=1S/C18H15N5OS2/c24-16(10-13-11-23-8-9-26-18(23)19-13)21-22-17(25)20-15-7-3-5-12-4-1-2-6-14(12)15/h1-9,11H,10H2,(H,21,24)(H2,20,22,25). The molecule has 26 heavy (non-hydrogen) atoms. The van der Waals surface area contributed by atoms with Gasteiger partial charge in [-0.25, -0.2) is 4.98 Å². The lowest BCUT2D eigenvalue weighted by Gasteiger charge is -2.13. The van der Waals surface area contributed by atoms with E-state index < -0.39 is 0 Å². The molecule has 0 aliphatic rings. The van der Waals surface area contributed by atoms with Crippen LogP contribution in [0.5, 0.6) is 0 Å². The van der Waals surface area contributed by atoms with Crippen LogP contribution in [0.15, 0.2) is 60.2 Å². The number of anilines is 1. The summed E-state index contributed by atoms with van der Waals surface area (Å²) in [5.74, 6) is -0.210. The third-order valence-corrected chi connectivity index (χ3v) is 4.81. The van der Waals surface area contributed by atoms with Crippen molar-refractivity contribution in [2.24, 2.45) is 0 Å². The third kappa shape index (κ3) is 3.51. The zero-order valence-corrected chi connectivity index (χ0v) is 15.2. The Morgan fingerprint density at radius 1 is 1.15 bits per heavy atom. The summed E-state index contributed by atoms with van der Waals surface area (Å²) in [6, 6.07) is 13.9. The van der Waals surface area contributed by atoms with Crippen LogP contribution >= 0.6 is 23.6 Å². The van der Waals surface area contributed by atoms with Crippen molar-refractivity contribution in [1.29, 1.82) is 0 Å². The number of imidazole rings is 1. The van der Waals surface area contributed by atoms with Crippen LogP contribution in [-0.4, -0.2) is 20.4 Å². The number of hydrogen-bond acceptors (Lipinski definition) is 4. The lowest BCUT2D eigenvalue weighted by Crippen LogP contribution is -2.44. The Bertz CT molecular complexity index is 1070. The predicted molar refractivity (Wildman–Crippen MR) is 108 cm³/mol. The van der Waals surface area contributed by atoms with Gasteiger partial charge in [0.1, 0.15) is 0 Å². The van der Waals surface area contributed by atoms with Gasteiger partial charge in [-0.3, -0.25) is 20.0 Å². The average molecular weight is 381 g/mol. The SMILES string of the molecule is O=C(Cc1cn2ccsc2n1)NNC(=S)Nc1cccc2ccccc12. The first kappa shape index (κ1) is 16.5. The zero-order chi connectivity index (χ0) is 17.9. The Kier molecular flexibility index (Phi) is 4.51. The van der Waals surface area contributed by atoms with E-state index in [9.17, 15) is 4.79 Å². The maximum absolute atomic E-state index is 12.1. The number of benzene rings is 2. The van der Waals surface area contributed by atoms with Gasteiger partial charge in [0.2, 0.25) is 5.91 Å². The summed E-state index contributed by atoms with van der Waals surface area (Å²) >= 11 is 6.79. The highest BCUT2D eigenvalue weighted by Crippen LogP contribution is 2.22. The Labute approximate surface area is 158 Å². The van der Waals surface area contributed by atoms with E-state index in [4.69, 9.17) is 12.2 Å². The molecule has 8 heteroatoms. The number of thiazole rings is 1. The molecule has 0 atom stereocenters. The molecule has 0 saturated heterocycles. The summed E-state index contributed by atoms with van der Waals surface area (Å²) in [5, 5.41) is 7.55. The molecular weight excluding hydrogens is 366 g/mol. The molecule has 1 amide bonds. The second kappa shape index (κ2) is 7.11. The first-order valence-electron chi connectivity index (χ1n) is 7.94. The minimum atomic E-state index is -0.210. The molecule has 4 rings (SSSR count). The fourth-order valence-electron chi connectivity index (χ4n) is 2.68. The Morgan fingerprint density at radius 2 is 2.00 bits per heavy atom. The minimum Gasteiger partial charge on any atom is -0.331 e. The second-order valence-corrected chi connectivity index (χ2v) is 6.94. The molecular formula is C18H15N5OS2. The van der Waals surface area contributed by atoms with Gasteiger partial charge in [-0.15, -0.1) is 11.3 Å². The van der Waals surface area contributed by atoms with E-state index in [1.165, 1.54) is 11.3 Å². The van der Waals surface area contributed by atoms with Gasteiger partial charge in [0.15, 0.2) is 10.1 Å². The number of carbonyl (C=O) groups is 1. The molecule has 130 valence electrons. The van der Waals surface area contributed by atoms with Crippen LogP contribution in [-0.2, 0) is 11.2 Å². The van der Waals surface area contributed by atoms with Crippen LogP contribution in [0.3, 0.4) is 0 Å². The molecule has 2 aromatic heterocycles. The van der Waals surface area contributed by atoms with Crippen molar-refractivity contribution in [1.82, 2.24) is 20.2 Å². The van der Waals surface area contributed by atoms with E-state index in [1.54, 1.807) is 0 Å². The van der Waals surface area contributed by atoms with E-state index in [1.807, 2.05) is 64.6 Å². The van der Waals surface area contributed by atoms with Gasteiger partial charge in [-0.1, -0.05) is 36.4 Å². The maximum atomic E-state index is 12.1. The average Bonchev–Trinajstić information content (AvgIpc) is 3.22. The van der Waals surface area contributed by atoms with Crippen molar-refractivity contribution in [2.45, 2.75) is 6.42 Å². The molecule has 0 fully saturated rings. The number of amides is 1. The van der Waals surface area contributed by atoms with Crippen molar-refractivity contribution in [3.05, 3.63) is 65.9 Å². The summed E-state index contributed by atoms with van der Waals surface area (Å²) in [7, 11) is 0. The molecule has 4 aromatic rings. The lowest BCUT2D eigenvalue weighted by molar-refractivity contribution is -0.121. The molecule has 0 aliphatic heterocycles. The van der Waals surface area contributed by atoms with Crippen LogP contribution in [0.1, 0.15) is 5.69 Å². The molecule has 0 spiro atoms. The largest absolute Gasteiger partial charge is 0.331 e. The van der Waals surface area contributed by atoms with Gasteiger partial charge in [-0.2, -0.15) is 0 Å². The van der Waals surface area contributed by atoms with E-state index in [0.717, 1.165) is 21.4 Å². The van der Waals surface area contributed by atoms with Crippen LogP contribution in [0.25, 0.3) is 15.7 Å². The Balaban J connectivity index is 1.34. The maximum Gasteiger partial charge on any atom is 0.244 e. The molecule has 3 N–H and O–H groups in total. The molecule has 6 nitrogen and oxygen atoms in total. The van der Waals surface area contributed by atoms with Crippen LogP contribution in [0, 0.1) is 0 Å². The molecule has 0 unspecified atom stereocenters. The fraction of sp³-hybridized carbons (Fsp3) is 0.0556. The van der Waals surface area contributed by atoms with Gasteiger partial charge >= 0.3 is 0 Å². The molecule has 0 bridgehead atoms. The summed E-state index contributed by atoms with van der Waals surface area (Å²) < 4.78 is 1.90. The molecule has 0 saturated carbocycles. The Morgan fingerprint density at radius 3 is 2.88 bits per heavy atom. The van der Waals surface area contributed by atoms with Gasteiger partial charge in [0, 0.05) is 28.8 Å². The van der Waals surface area contributed by atoms with E-state index >= 15 is 0 Å². The second-order valence-electron chi connectivity index (χ2n) is 5.66. The molecule has 2 heterocycles. The van der Waals surface area contributed by atoms with E-state index in [0.29, 0.717) is 10.8 Å². The zero-order valence-electron chi connectivity index (χ0n) is 13.6. The summed E-state index contributed by atoms with van der Waals surface area (Å²) in [5.41, 5.74) is 6.92. The van der Waals surface area contributed by atoms with Crippen LogP contribution < -0.4 is 16.2 Å². The van der Waals surface area contributed by atoms with Gasteiger partial charge in [0.05, 0.1) is 12.1 Å². The number of rotatable bonds is 3. The Hall–Kier alpha value is -2.97. The van der Waals surface area contributed by atoms with Crippen molar-refractivity contribution in [3.63, 3.8) is 0 Å². The van der Waals surface area contributed by atoms with Crippen molar-refractivity contribution >= 4 is 56.0 Å². The molecule has 0 aliphatic carbocycles. The van der Waals surface area contributed by atoms with Gasteiger partial charge < -0.3 is 5.32 Å². The monoisotopic (exact) mass is 381 g/mol. The number of nitrogens with zero attached hydrogens (tertiary/aromatic N) is 2. The number of aromatic nitrogens is 2. The summed E-state index contributed by atoms with van der Waals surface area (Å²) in [6.07, 6.45) is 3.94. The van der Waals surface area contributed by atoms with E-state index in [2.05, 4.69) is 21.2 Å². The van der Waals surface area contributed by atoms with Gasteiger partial charge in [-0.05, 0) is 23.7 Å². The summed E-state index contributed by atoms with van der Waals surface area (Å²) in [6.45, 7) is 0. The van der Waals surface area contributed by atoms with Crippen molar-refractivity contribution in [2.75, 3.05) is 5.32 Å². The predicted octanol–water partition coefficient (Wildman–Crippen LogP) is 3.11. The first-order chi connectivity index (χ1) is 12.7. The fourth-order valence-corrected chi connectivity index (χ4v) is 3.56. The first-order valence-corrected chi connectivity index (χ1v) is 9.22. The highest BCUT2D eigenvalue weighted by molar-refractivity contribution is 7.80. The number of hydrazine groups is 1. The number of thiocarbonyl (C=S) groups is 1. The van der Waals surface area contributed by atoms with Crippen molar-refractivity contribution < 1.29 is 4.79 Å². The van der Waals surface area contributed by atoms with Crippen LogP contribution in [0.2, 0.25) is 0 Å². The van der Waals surface area contributed by atoms with Crippen LogP contribution in [0.4, 0.5) is 5.69 Å². The highest BCUT2D eigenvalue weighted by Gasteiger charge is 2.09. The third-order valence-electron chi connectivity index (χ3n) is 3.84. The number of nitrogens with one attached hydrogen (secondary N) is 3. The van der Waals surface area contributed by atoms with E-state index in [-0.39, 0.29) is 12.3 Å². The molecule has 2 aromatic carbocycles. The topological polar surface area (TPSA) is 70.5 Å². The molecule has 0 radical (unpaired) electrons. The van der Waals surface area contributed by atoms with Gasteiger partial charge in [0.25, 0.3) is 0 Å². The number of carbonyl (C=O) groups excluding carboxylic acids is 1. The smallest absolute Gasteiger partial charge is 0.244 e. The highest BCUT2D eigenvalue weighted by atomic mass is 32.1. The summed E-state index contributed by atoms with van der Waals surface area (Å²) in [4.78, 5) is 17.3. The normalized spacial score (nSPS) is 10.8.